The molecule has 0 bridgehead atoms. The van der Waals surface area contributed by atoms with Crippen molar-refractivity contribution in [2.24, 2.45) is 0 Å². The molecule has 25 heavy (non-hydrogen) atoms. The molecule has 2 aliphatic rings. The molecule has 5 heteroatoms. The third-order valence-corrected chi connectivity index (χ3v) is 5.21. The summed E-state index contributed by atoms with van der Waals surface area (Å²) in [4.78, 5) is 14.5. The van der Waals surface area contributed by atoms with Crippen LogP contribution in [0, 0.1) is 0 Å². The smallest absolute Gasteiger partial charge is 0.315 e. The van der Waals surface area contributed by atoms with Gasteiger partial charge >= 0.3 is 6.03 Å². The van der Waals surface area contributed by atoms with Gasteiger partial charge in [0.2, 0.25) is 0 Å². The zero-order valence-corrected chi connectivity index (χ0v) is 15.1. The summed E-state index contributed by atoms with van der Waals surface area (Å²) in [5, 5.41) is 6.15. The fourth-order valence-corrected chi connectivity index (χ4v) is 3.67. The van der Waals surface area contributed by atoms with Crippen LogP contribution in [0.1, 0.15) is 50.5 Å². The first-order valence-corrected chi connectivity index (χ1v) is 9.77. The summed E-state index contributed by atoms with van der Waals surface area (Å²) in [6.07, 6.45) is 8.63. The fraction of sp³-hybridized carbons (Fsp3) is 0.650. The summed E-state index contributed by atoms with van der Waals surface area (Å²) < 4.78 is 5.39. The van der Waals surface area contributed by atoms with Gasteiger partial charge in [0.05, 0.1) is 13.2 Å². The zero-order chi connectivity index (χ0) is 17.3. The fourth-order valence-electron chi connectivity index (χ4n) is 3.67. The molecule has 2 amide bonds. The van der Waals surface area contributed by atoms with E-state index >= 15 is 0 Å². The summed E-state index contributed by atoms with van der Waals surface area (Å²) in [6.45, 7) is 4.06. The van der Waals surface area contributed by atoms with Crippen LogP contribution in [-0.2, 0) is 11.3 Å². The quantitative estimate of drug-likeness (QED) is 0.879. The van der Waals surface area contributed by atoms with Crippen LogP contribution in [0.5, 0.6) is 0 Å². The molecule has 0 spiro atoms. The molecule has 1 aromatic carbocycles. The lowest BCUT2D eigenvalue weighted by atomic mass is 9.97. The number of nitrogens with zero attached hydrogens (tertiary/aromatic N) is 1. The summed E-state index contributed by atoms with van der Waals surface area (Å²) in [7, 11) is 0. The summed E-state index contributed by atoms with van der Waals surface area (Å²) in [5.41, 5.74) is 2.36. The van der Waals surface area contributed by atoms with Gasteiger partial charge in [0.15, 0.2) is 0 Å². The van der Waals surface area contributed by atoms with Crippen molar-refractivity contribution in [2.45, 2.75) is 57.5 Å². The average molecular weight is 345 g/mol. The second-order valence-electron chi connectivity index (χ2n) is 7.13. The maximum Gasteiger partial charge on any atom is 0.315 e. The lowest BCUT2D eigenvalue weighted by Gasteiger charge is -2.29. The van der Waals surface area contributed by atoms with Crippen molar-refractivity contribution >= 4 is 11.7 Å². The van der Waals surface area contributed by atoms with E-state index in [4.69, 9.17) is 4.74 Å². The maximum atomic E-state index is 12.2. The number of urea groups is 1. The maximum absolute atomic E-state index is 12.2. The number of morpholine rings is 1. The number of ether oxygens (including phenoxy) is 1. The van der Waals surface area contributed by atoms with E-state index in [1.807, 2.05) is 0 Å². The van der Waals surface area contributed by atoms with E-state index in [1.54, 1.807) is 0 Å². The van der Waals surface area contributed by atoms with E-state index in [9.17, 15) is 4.79 Å². The molecular formula is C20H31N3O2. The zero-order valence-electron chi connectivity index (χ0n) is 15.1. The van der Waals surface area contributed by atoms with Crippen molar-refractivity contribution in [3.8, 4) is 0 Å². The van der Waals surface area contributed by atoms with Crippen LogP contribution in [0.15, 0.2) is 24.3 Å². The molecular weight excluding hydrogens is 314 g/mol. The predicted molar refractivity (Wildman–Crippen MR) is 101 cm³/mol. The van der Waals surface area contributed by atoms with Gasteiger partial charge in [-0.25, -0.2) is 4.79 Å². The Bertz CT molecular complexity index is 518. The van der Waals surface area contributed by atoms with Crippen LogP contribution < -0.4 is 15.5 Å². The largest absolute Gasteiger partial charge is 0.378 e. The number of carbonyl (C=O) groups is 1. The van der Waals surface area contributed by atoms with E-state index in [1.165, 1.54) is 37.8 Å². The van der Waals surface area contributed by atoms with E-state index in [2.05, 4.69) is 39.8 Å². The summed E-state index contributed by atoms with van der Waals surface area (Å²) in [6, 6.07) is 8.76. The van der Waals surface area contributed by atoms with Crippen LogP contribution in [0.4, 0.5) is 10.5 Å². The molecule has 0 atom stereocenters. The highest BCUT2D eigenvalue weighted by Crippen LogP contribution is 2.18. The highest BCUT2D eigenvalue weighted by atomic mass is 16.5. The Morgan fingerprint density at radius 1 is 1.00 bits per heavy atom. The van der Waals surface area contributed by atoms with Gasteiger partial charge in [-0.15, -0.1) is 0 Å². The van der Waals surface area contributed by atoms with Crippen LogP contribution in [0.3, 0.4) is 0 Å². The standard InChI is InChI=1S/C20H31N3O2/c24-20(22-18-6-4-2-1-3-5-7-18)21-16-17-8-10-19(11-9-17)23-12-14-25-15-13-23/h8-11,18H,1-7,12-16H2,(H2,21,22,24). The van der Waals surface area contributed by atoms with Crippen LogP contribution >= 0.6 is 0 Å². The van der Waals surface area contributed by atoms with Crippen molar-refractivity contribution in [3.05, 3.63) is 29.8 Å². The Balaban J connectivity index is 1.42. The Kier molecular flexibility index (Phi) is 6.98. The minimum atomic E-state index is -0.0390. The van der Waals surface area contributed by atoms with E-state index in [0.717, 1.165) is 44.7 Å². The molecule has 0 aromatic heterocycles. The molecule has 1 saturated heterocycles. The summed E-state index contributed by atoms with van der Waals surface area (Å²) in [5.74, 6) is 0. The Hall–Kier alpha value is -1.75. The topological polar surface area (TPSA) is 53.6 Å². The van der Waals surface area contributed by atoms with E-state index < -0.39 is 0 Å². The molecule has 0 radical (unpaired) electrons. The molecule has 1 heterocycles. The number of rotatable bonds is 4. The van der Waals surface area contributed by atoms with Crippen molar-refractivity contribution in [3.63, 3.8) is 0 Å². The molecule has 1 aromatic rings. The monoisotopic (exact) mass is 345 g/mol. The van der Waals surface area contributed by atoms with Gasteiger partial charge < -0.3 is 20.3 Å². The molecule has 5 nitrogen and oxygen atoms in total. The normalized spacial score (nSPS) is 19.8. The van der Waals surface area contributed by atoms with Gasteiger partial charge in [-0.2, -0.15) is 0 Å². The molecule has 1 aliphatic carbocycles. The molecule has 2 fully saturated rings. The minimum absolute atomic E-state index is 0.0390. The number of hydrogen-bond donors (Lipinski definition) is 2. The van der Waals surface area contributed by atoms with E-state index in [0.29, 0.717) is 12.6 Å². The SMILES string of the molecule is O=C(NCc1ccc(N2CCOCC2)cc1)NC1CCCCCCC1. The second-order valence-corrected chi connectivity index (χ2v) is 7.13. The van der Waals surface area contributed by atoms with Gasteiger partial charge in [-0.05, 0) is 30.5 Å². The summed E-state index contributed by atoms with van der Waals surface area (Å²) >= 11 is 0. The van der Waals surface area contributed by atoms with Crippen molar-refractivity contribution in [1.29, 1.82) is 0 Å². The molecule has 0 unspecified atom stereocenters. The average Bonchev–Trinajstić information content (AvgIpc) is 2.63. The van der Waals surface area contributed by atoms with Crippen LogP contribution in [0.25, 0.3) is 0 Å². The number of hydrogen-bond acceptors (Lipinski definition) is 3. The first kappa shape index (κ1) is 18.1. The van der Waals surface area contributed by atoms with Gasteiger partial charge in [0.1, 0.15) is 0 Å². The third kappa shape index (κ3) is 5.92. The number of nitrogens with one attached hydrogen (secondary N) is 2. The van der Waals surface area contributed by atoms with Crippen molar-refractivity contribution in [1.82, 2.24) is 10.6 Å². The molecule has 138 valence electrons. The van der Waals surface area contributed by atoms with Crippen molar-refractivity contribution in [2.75, 3.05) is 31.2 Å². The van der Waals surface area contributed by atoms with E-state index in [-0.39, 0.29) is 6.03 Å². The molecule has 1 saturated carbocycles. The van der Waals surface area contributed by atoms with Crippen LogP contribution in [-0.4, -0.2) is 38.4 Å². The first-order chi connectivity index (χ1) is 12.3. The van der Waals surface area contributed by atoms with Gasteiger partial charge in [-0.1, -0.05) is 44.2 Å². The highest BCUT2D eigenvalue weighted by molar-refractivity contribution is 5.74. The number of anilines is 1. The number of amides is 2. The predicted octanol–water partition coefficient (Wildman–Crippen LogP) is 3.44. The Labute approximate surface area is 151 Å². The van der Waals surface area contributed by atoms with Gasteiger partial charge in [0.25, 0.3) is 0 Å². The Morgan fingerprint density at radius 3 is 2.32 bits per heavy atom. The molecule has 3 rings (SSSR count). The molecule has 1 aliphatic heterocycles. The second kappa shape index (κ2) is 9.66. The lowest BCUT2D eigenvalue weighted by Crippen LogP contribution is -2.42. The Morgan fingerprint density at radius 2 is 1.64 bits per heavy atom. The van der Waals surface area contributed by atoms with Gasteiger partial charge in [0, 0.05) is 31.4 Å². The highest BCUT2D eigenvalue weighted by Gasteiger charge is 2.14. The van der Waals surface area contributed by atoms with Gasteiger partial charge in [-0.3, -0.25) is 0 Å². The first-order valence-electron chi connectivity index (χ1n) is 9.77. The number of carbonyl (C=O) groups excluding carboxylic acids is 1. The lowest BCUT2D eigenvalue weighted by molar-refractivity contribution is 0.122. The molecule has 2 N–H and O–H groups in total. The van der Waals surface area contributed by atoms with Crippen molar-refractivity contribution < 1.29 is 9.53 Å². The van der Waals surface area contributed by atoms with Crippen LogP contribution in [0.2, 0.25) is 0 Å². The minimum Gasteiger partial charge on any atom is -0.378 e. The third-order valence-electron chi connectivity index (χ3n) is 5.21. The number of benzene rings is 1.